The van der Waals surface area contributed by atoms with Crippen molar-refractivity contribution in [2.24, 2.45) is 7.05 Å². The third kappa shape index (κ3) is 21.3. The summed E-state index contributed by atoms with van der Waals surface area (Å²) in [5.41, 5.74) is 1.38. The van der Waals surface area contributed by atoms with Gasteiger partial charge in [-0.25, -0.2) is 9.18 Å². The molecule has 25 heteroatoms. The number of aryl methyl sites for hydroxylation is 3. The standard InChI is InChI=1S/C15H12BrClF4N2O2.C14H20ClNO2.C8H11Cl2NO.C3H8NO5P/c1-6(2)25-14(24)7-4-8(10(18)5-9(7)17)12-11(16)13(15(19,20)21)23(3)22-12;1-4-11-7-6-8-12(5-2)14(11)16(10-18-3)13(17)9-15;1-3-5-11(6-4-2)8(12)7(9)10;5-3(6)1-4-2-10(7,8)9/h4-6H,1-3H3;6-8H,4-5,9-10H2,1-3H3;3-4,7H,1-2,5-6H2;4H,1-2H2,(H,5,6)(H2,7,8,9). The van der Waals surface area contributed by atoms with Crippen LogP contribution < -0.4 is 10.2 Å². The topological polar surface area (TPSA) is 201 Å². The summed E-state index contributed by atoms with van der Waals surface area (Å²) in [5.74, 6) is -3.37. The van der Waals surface area contributed by atoms with Gasteiger partial charge in [0.15, 0.2) is 10.5 Å². The van der Waals surface area contributed by atoms with Gasteiger partial charge >= 0.3 is 25.7 Å². The van der Waals surface area contributed by atoms with E-state index in [1.807, 2.05) is 18.2 Å². The monoisotopic (exact) mass is 1090 g/mol. The van der Waals surface area contributed by atoms with Crippen molar-refractivity contribution in [2.45, 2.75) is 57.7 Å². The molecule has 3 aromatic rings. The first-order valence-electron chi connectivity index (χ1n) is 18.9. The molecule has 364 valence electrons. The molecule has 1 aromatic heterocycles. The summed E-state index contributed by atoms with van der Waals surface area (Å²) in [6.07, 6.45) is -0.775. The lowest BCUT2D eigenvalue weighted by Gasteiger charge is -2.26. The fourth-order valence-electron chi connectivity index (χ4n) is 5.18. The molecule has 0 saturated carbocycles. The number of rotatable bonds is 18. The number of hydrogen-bond acceptors (Lipinski definition) is 9. The minimum absolute atomic E-state index is 0.0371. The zero-order valence-corrected chi connectivity index (χ0v) is 41.6. The van der Waals surface area contributed by atoms with Gasteiger partial charge < -0.3 is 29.3 Å². The molecular weight excluding hydrogens is 1040 g/mol. The van der Waals surface area contributed by atoms with E-state index in [1.54, 1.807) is 38.0 Å². The number of alkyl halides is 6. The maximum atomic E-state index is 14.3. The van der Waals surface area contributed by atoms with Gasteiger partial charge in [-0.05, 0) is 65.9 Å². The lowest BCUT2D eigenvalue weighted by Crippen LogP contribution is -2.35. The summed E-state index contributed by atoms with van der Waals surface area (Å²) in [5, 5.41) is 13.6. The number of halogens is 9. The summed E-state index contributed by atoms with van der Waals surface area (Å²) < 4.78 is 73.8. The van der Waals surface area contributed by atoms with E-state index in [9.17, 15) is 41.3 Å². The Morgan fingerprint density at radius 2 is 1.60 bits per heavy atom. The number of carboxylic acid groups (broad SMARTS) is 1. The van der Waals surface area contributed by atoms with Crippen molar-refractivity contribution in [1.29, 1.82) is 0 Å². The zero-order valence-electron chi connectivity index (χ0n) is 36.1. The number of esters is 1. The molecular formula is C40H51BrCl4F4N5O10P. The highest BCUT2D eigenvalue weighted by molar-refractivity contribution is 9.10. The molecule has 0 spiro atoms. The number of para-hydroxylation sites is 1. The first kappa shape index (κ1) is 61.4. The van der Waals surface area contributed by atoms with Gasteiger partial charge in [-0.2, -0.15) is 18.3 Å². The van der Waals surface area contributed by atoms with Gasteiger partial charge in [-0.1, -0.05) is 79.0 Å². The van der Waals surface area contributed by atoms with E-state index < -0.39 is 65.5 Å². The Balaban J connectivity index is 0.000000899. The van der Waals surface area contributed by atoms with Crippen molar-refractivity contribution in [3.05, 3.63) is 93.3 Å². The number of anilines is 1. The van der Waals surface area contributed by atoms with Gasteiger partial charge in [0.2, 0.25) is 5.91 Å². The van der Waals surface area contributed by atoms with E-state index in [4.69, 9.17) is 70.8 Å². The number of carboxylic acids is 1. The van der Waals surface area contributed by atoms with Gasteiger partial charge in [-0.3, -0.25) is 33.8 Å². The average molecular weight is 1090 g/mol. The second-order valence-corrected chi connectivity index (χ2v) is 17.4. The molecule has 1 heterocycles. The van der Waals surface area contributed by atoms with E-state index in [2.05, 4.69) is 53.4 Å². The number of methoxy groups -OCH3 is 1. The predicted molar refractivity (Wildman–Crippen MR) is 247 cm³/mol. The third-order valence-corrected chi connectivity index (χ3v) is 10.1. The molecule has 0 aliphatic carbocycles. The van der Waals surface area contributed by atoms with Gasteiger partial charge in [0.1, 0.15) is 24.1 Å². The molecule has 0 radical (unpaired) electrons. The van der Waals surface area contributed by atoms with Crippen molar-refractivity contribution in [3.63, 3.8) is 0 Å². The van der Waals surface area contributed by atoms with Crippen LogP contribution in [0, 0.1) is 5.82 Å². The van der Waals surface area contributed by atoms with Crippen LogP contribution in [0.4, 0.5) is 23.2 Å². The molecule has 0 atom stereocenters. The average Bonchev–Trinajstić information content (AvgIpc) is 3.51. The van der Waals surface area contributed by atoms with Crippen LogP contribution in [-0.2, 0) is 54.5 Å². The van der Waals surface area contributed by atoms with Crippen molar-refractivity contribution < 1.29 is 65.7 Å². The number of carbonyl (C=O) groups is 4. The number of carbonyl (C=O) groups excluding carboxylic acids is 3. The molecule has 4 N–H and O–H groups in total. The van der Waals surface area contributed by atoms with Gasteiger partial charge in [0, 0.05) is 32.8 Å². The smallest absolute Gasteiger partial charge is 0.434 e. The first-order chi connectivity index (χ1) is 30.2. The van der Waals surface area contributed by atoms with Crippen LogP contribution in [0.1, 0.15) is 54.9 Å². The van der Waals surface area contributed by atoms with Gasteiger partial charge in [-0.15, -0.1) is 24.8 Å². The summed E-state index contributed by atoms with van der Waals surface area (Å²) >= 11 is 25.1. The molecule has 0 bridgehead atoms. The number of benzene rings is 2. The highest BCUT2D eigenvalue weighted by Crippen LogP contribution is 2.41. The number of nitrogens with one attached hydrogen (secondary N) is 1. The Morgan fingerprint density at radius 1 is 1.06 bits per heavy atom. The lowest BCUT2D eigenvalue weighted by atomic mass is 10.0. The molecule has 0 fully saturated rings. The Hall–Kier alpha value is -3.56. The van der Waals surface area contributed by atoms with Crippen molar-refractivity contribution in [3.8, 4) is 11.3 Å². The summed E-state index contributed by atoms with van der Waals surface area (Å²) in [6, 6.07) is 7.96. The fourth-order valence-corrected chi connectivity index (χ4v) is 7.00. The maximum Gasteiger partial charge on any atom is 0.434 e. The first-order valence-corrected chi connectivity index (χ1v) is 23.3. The molecule has 0 aliphatic rings. The van der Waals surface area contributed by atoms with E-state index in [-0.39, 0.29) is 46.3 Å². The highest BCUT2D eigenvalue weighted by atomic mass is 79.9. The maximum absolute atomic E-state index is 14.3. The van der Waals surface area contributed by atoms with Crippen LogP contribution in [0.2, 0.25) is 5.02 Å². The molecule has 0 unspecified atom stereocenters. The zero-order chi connectivity index (χ0) is 50.4. The highest BCUT2D eigenvalue weighted by Gasteiger charge is 2.39. The molecule has 0 saturated heterocycles. The normalized spacial score (nSPS) is 11.0. The molecule has 65 heavy (non-hydrogen) atoms. The van der Waals surface area contributed by atoms with E-state index in [0.29, 0.717) is 17.8 Å². The third-order valence-electron chi connectivity index (χ3n) is 7.83. The van der Waals surface area contributed by atoms with Gasteiger partial charge in [0.25, 0.3) is 5.91 Å². The predicted octanol–water partition coefficient (Wildman–Crippen LogP) is 9.00. The van der Waals surface area contributed by atoms with Crippen LogP contribution in [0.15, 0.2) is 60.1 Å². The van der Waals surface area contributed by atoms with E-state index in [0.717, 1.165) is 48.8 Å². The lowest BCUT2D eigenvalue weighted by molar-refractivity contribution is -0.144. The van der Waals surface area contributed by atoms with Gasteiger partial charge in [0.05, 0.1) is 39.7 Å². The van der Waals surface area contributed by atoms with Crippen LogP contribution in [-0.4, -0.2) is 110 Å². The number of amides is 2. The molecule has 0 aliphatic heterocycles. The number of aliphatic carboxylic acids is 1. The number of hydrogen-bond donors (Lipinski definition) is 4. The van der Waals surface area contributed by atoms with Crippen LogP contribution in [0.5, 0.6) is 0 Å². The summed E-state index contributed by atoms with van der Waals surface area (Å²) in [6.45, 7) is 15.1. The molecule has 2 aromatic carbocycles. The van der Waals surface area contributed by atoms with Crippen LogP contribution in [0.3, 0.4) is 0 Å². The number of nitrogens with zero attached hydrogens (tertiary/aromatic N) is 4. The Labute approximate surface area is 402 Å². The summed E-state index contributed by atoms with van der Waals surface area (Å²) in [7, 11) is -1.44. The second kappa shape index (κ2) is 29.9. The molecule has 3 rings (SSSR count). The minimum Gasteiger partial charge on any atom is -0.480 e. The van der Waals surface area contributed by atoms with Crippen LogP contribution in [0.25, 0.3) is 11.3 Å². The quantitative estimate of drug-likeness (QED) is 0.0236. The van der Waals surface area contributed by atoms with E-state index in [1.165, 1.54) is 4.90 Å². The molecule has 2 amide bonds. The minimum atomic E-state index is -4.69. The Morgan fingerprint density at radius 3 is 1.98 bits per heavy atom. The Bertz CT molecular complexity index is 2100. The van der Waals surface area contributed by atoms with Crippen LogP contribution >= 0.6 is 69.9 Å². The Kier molecular flexibility index (Phi) is 28.3. The van der Waals surface area contributed by atoms with Crippen molar-refractivity contribution in [1.82, 2.24) is 20.0 Å². The fraction of sp³-hybridized carbons (Fsp3) is 0.425. The number of ether oxygens (including phenoxy) is 2. The van der Waals surface area contributed by atoms with Crippen molar-refractivity contribution >= 4 is 99.4 Å². The SMILES string of the molecule is C=CCN(CC=C)C(=O)C(Cl)Cl.CC(C)OC(=O)c1cc(-c2nn(C)c(C(F)(F)F)c2Br)c(F)cc1Cl.CCc1cccc(CC)c1N(COC)C(=O)CCl.O=C(O)CNCP(=O)(O)O. The van der Waals surface area contributed by atoms with E-state index >= 15 is 0 Å². The largest absolute Gasteiger partial charge is 0.480 e. The van der Waals surface area contributed by atoms with Crippen molar-refractivity contribution in [2.75, 3.05) is 50.5 Å². The summed E-state index contributed by atoms with van der Waals surface area (Å²) in [4.78, 5) is 63.4. The second-order valence-electron chi connectivity index (χ2n) is 13.2. The molecule has 15 nitrogen and oxygen atoms in total. The number of aromatic nitrogens is 2.